The average molecular weight is 314 g/mol. The van der Waals surface area contributed by atoms with Gasteiger partial charge in [-0.25, -0.2) is 0 Å². The summed E-state index contributed by atoms with van der Waals surface area (Å²) in [6.45, 7) is 1.18. The number of nitrogens with zero attached hydrogens (tertiary/aromatic N) is 1. The third-order valence-corrected chi connectivity index (χ3v) is 4.33. The summed E-state index contributed by atoms with van der Waals surface area (Å²) >= 11 is 12.1. The Kier molecular flexibility index (Phi) is 3.71. The molecule has 6 heteroatoms. The SMILES string of the molecule is O=C1C(=O)N(CCC2CCCO2)c2c(Cl)ccc(Cl)c21. The number of carbonyl (C=O) groups is 2. The van der Waals surface area contributed by atoms with Crippen LogP contribution in [0.25, 0.3) is 0 Å². The largest absolute Gasteiger partial charge is 0.378 e. The molecule has 2 aliphatic rings. The fourth-order valence-electron chi connectivity index (χ4n) is 2.71. The van der Waals surface area contributed by atoms with Gasteiger partial charge < -0.3 is 9.64 Å². The minimum atomic E-state index is -0.583. The molecule has 4 nitrogen and oxygen atoms in total. The molecule has 1 saturated heterocycles. The standard InChI is InChI=1S/C14H13Cl2NO3/c15-9-3-4-10(16)12-11(9)13(18)14(19)17(12)6-5-8-2-1-7-20-8/h3-4,8H,1-2,5-7H2. The molecule has 1 amide bonds. The van der Waals surface area contributed by atoms with Crippen molar-refractivity contribution in [3.8, 4) is 0 Å². The molecule has 1 fully saturated rings. The zero-order valence-corrected chi connectivity index (χ0v) is 12.2. The van der Waals surface area contributed by atoms with Gasteiger partial charge >= 0.3 is 0 Å². The molecule has 1 unspecified atom stereocenters. The Bertz CT molecular complexity index is 582. The molecular weight excluding hydrogens is 301 g/mol. The molecule has 0 radical (unpaired) electrons. The highest BCUT2D eigenvalue weighted by atomic mass is 35.5. The van der Waals surface area contributed by atoms with E-state index < -0.39 is 11.7 Å². The molecule has 20 heavy (non-hydrogen) atoms. The lowest BCUT2D eigenvalue weighted by atomic mass is 10.1. The van der Waals surface area contributed by atoms with E-state index in [1.807, 2.05) is 0 Å². The van der Waals surface area contributed by atoms with E-state index in [4.69, 9.17) is 27.9 Å². The van der Waals surface area contributed by atoms with Crippen molar-refractivity contribution in [1.29, 1.82) is 0 Å². The fraction of sp³-hybridized carbons (Fsp3) is 0.429. The number of halogens is 2. The van der Waals surface area contributed by atoms with Gasteiger partial charge in [-0.3, -0.25) is 9.59 Å². The number of hydrogen-bond acceptors (Lipinski definition) is 3. The minimum Gasteiger partial charge on any atom is -0.378 e. The average Bonchev–Trinajstić information content (AvgIpc) is 3.02. The van der Waals surface area contributed by atoms with E-state index in [9.17, 15) is 9.59 Å². The number of anilines is 1. The van der Waals surface area contributed by atoms with Crippen molar-refractivity contribution >= 4 is 40.6 Å². The first kappa shape index (κ1) is 13.9. The highest BCUT2D eigenvalue weighted by Gasteiger charge is 2.39. The van der Waals surface area contributed by atoms with Crippen LogP contribution in [0.4, 0.5) is 5.69 Å². The molecule has 1 atom stereocenters. The Labute approximate surface area is 126 Å². The van der Waals surface area contributed by atoms with E-state index in [-0.39, 0.29) is 16.7 Å². The van der Waals surface area contributed by atoms with Gasteiger partial charge in [0, 0.05) is 13.2 Å². The summed E-state index contributed by atoms with van der Waals surface area (Å²) in [5, 5.41) is 0.637. The van der Waals surface area contributed by atoms with Crippen LogP contribution in [0.2, 0.25) is 10.0 Å². The minimum absolute atomic E-state index is 0.153. The molecule has 106 valence electrons. The van der Waals surface area contributed by atoms with Crippen LogP contribution in [-0.4, -0.2) is 30.9 Å². The van der Waals surface area contributed by atoms with Crippen molar-refractivity contribution in [2.24, 2.45) is 0 Å². The number of fused-ring (bicyclic) bond motifs is 1. The lowest BCUT2D eigenvalue weighted by Gasteiger charge is -2.19. The maximum absolute atomic E-state index is 12.1. The van der Waals surface area contributed by atoms with Crippen LogP contribution in [0.1, 0.15) is 29.6 Å². The maximum Gasteiger partial charge on any atom is 0.299 e. The number of rotatable bonds is 3. The van der Waals surface area contributed by atoms with Crippen LogP contribution < -0.4 is 4.90 Å². The second-order valence-corrected chi connectivity index (χ2v) is 5.78. The summed E-state index contributed by atoms with van der Waals surface area (Å²) in [7, 11) is 0. The third kappa shape index (κ3) is 2.22. The number of ether oxygens (including phenoxy) is 1. The van der Waals surface area contributed by atoms with Crippen molar-refractivity contribution in [3.05, 3.63) is 27.7 Å². The number of amides is 1. The number of benzene rings is 1. The van der Waals surface area contributed by atoms with Crippen LogP contribution in [0.3, 0.4) is 0 Å². The van der Waals surface area contributed by atoms with Crippen molar-refractivity contribution < 1.29 is 14.3 Å². The van der Waals surface area contributed by atoms with E-state index in [0.29, 0.717) is 23.7 Å². The first-order chi connectivity index (χ1) is 9.59. The lowest BCUT2D eigenvalue weighted by Crippen LogP contribution is -2.32. The number of ketones is 1. The molecule has 2 heterocycles. The predicted octanol–water partition coefficient (Wildman–Crippen LogP) is 3.09. The molecule has 2 aliphatic heterocycles. The van der Waals surface area contributed by atoms with E-state index in [1.54, 1.807) is 6.07 Å². The van der Waals surface area contributed by atoms with Gasteiger partial charge in [0.1, 0.15) is 0 Å². The quantitative estimate of drug-likeness (QED) is 0.806. The summed E-state index contributed by atoms with van der Waals surface area (Å²) in [4.78, 5) is 25.5. The van der Waals surface area contributed by atoms with Crippen LogP contribution in [0.15, 0.2) is 12.1 Å². The monoisotopic (exact) mass is 313 g/mol. The Hall–Kier alpha value is -1.10. The smallest absolute Gasteiger partial charge is 0.299 e. The van der Waals surface area contributed by atoms with E-state index in [0.717, 1.165) is 19.4 Å². The number of carbonyl (C=O) groups excluding carboxylic acids is 2. The molecule has 1 aromatic carbocycles. The van der Waals surface area contributed by atoms with Gasteiger partial charge in [0.05, 0.1) is 27.4 Å². The van der Waals surface area contributed by atoms with E-state index in [2.05, 4.69) is 0 Å². The lowest BCUT2D eigenvalue weighted by molar-refractivity contribution is -0.114. The molecule has 3 rings (SSSR count). The topological polar surface area (TPSA) is 46.6 Å². The Morgan fingerprint density at radius 3 is 2.70 bits per heavy atom. The van der Waals surface area contributed by atoms with Crippen molar-refractivity contribution in [2.75, 3.05) is 18.1 Å². The van der Waals surface area contributed by atoms with Crippen LogP contribution in [0.5, 0.6) is 0 Å². The zero-order valence-electron chi connectivity index (χ0n) is 10.7. The normalized spacial score (nSPS) is 21.7. The second kappa shape index (κ2) is 5.35. The highest BCUT2D eigenvalue weighted by Crippen LogP contribution is 2.40. The fourth-order valence-corrected chi connectivity index (χ4v) is 3.21. The molecule has 0 bridgehead atoms. The molecule has 0 N–H and O–H groups in total. The molecule has 0 aromatic heterocycles. The zero-order chi connectivity index (χ0) is 14.3. The summed E-state index contributed by atoms with van der Waals surface area (Å²) in [6.07, 6.45) is 2.88. The van der Waals surface area contributed by atoms with Crippen molar-refractivity contribution in [2.45, 2.75) is 25.4 Å². The second-order valence-electron chi connectivity index (χ2n) is 4.96. The van der Waals surface area contributed by atoms with Crippen LogP contribution >= 0.6 is 23.2 Å². The van der Waals surface area contributed by atoms with Crippen molar-refractivity contribution in [3.63, 3.8) is 0 Å². The Morgan fingerprint density at radius 1 is 1.25 bits per heavy atom. The van der Waals surface area contributed by atoms with Gasteiger partial charge in [-0.2, -0.15) is 0 Å². The van der Waals surface area contributed by atoms with E-state index in [1.165, 1.54) is 11.0 Å². The van der Waals surface area contributed by atoms with Gasteiger partial charge in [0.15, 0.2) is 0 Å². The predicted molar refractivity (Wildman–Crippen MR) is 76.7 cm³/mol. The van der Waals surface area contributed by atoms with Crippen LogP contribution in [-0.2, 0) is 9.53 Å². The first-order valence-electron chi connectivity index (χ1n) is 6.55. The van der Waals surface area contributed by atoms with E-state index >= 15 is 0 Å². The Morgan fingerprint density at radius 2 is 2.00 bits per heavy atom. The first-order valence-corrected chi connectivity index (χ1v) is 7.31. The maximum atomic E-state index is 12.1. The highest BCUT2D eigenvalue weighted by molar-refractivity contribution is 6.56. The van der Waals surface area contributed by atoms with Gasteiger partial charge in [0.2, 0.25) is 0 Å². The number of Topliss-reactive ketones (excluding diaryl/α,β-unsaturated/α-hetero) is 1. The van der Waals surface area contributed by atoms with Gasteiger partial charge in [-0.15, -0.1) is 0 Å². The summed E-state index contributed by atoms with van der Waals surface area (Å²) < 4.78 is 5.53. The summed E-state index contributed by atoms with van der Waals surface area (Å²) in [6, 6.07) is 3.14. The molecular formula is C14H13Cl2NO3. The molecule has 1 aromatic rings. The molecule has 0 aliphatic carbocycles. The van der Waals surface area contributed by atoms with Gasteiger partial charge in [-0.1, -0.05) is 23.2 Å². The summed E-state index contributed by atoms with van der Waals surface area (Å²) in [5.41, 5.74) is 0.656. The summed E-state index contributed by atoms with van der Waals surface area (Å²) in [5.74, 6) is -1.15. The van der Waals surface area contributed by atoms with Gasteiger partial charge in [0.25, 0.3) is 11.7 Å². The van der Waals surface area contributed by atoms with Crippen LogP contribution in [0, 0.1) is 0 Å². The number of hydrogen-bond donors (Lipinski definition) is 0. The van der Waals surface area contributed by atoms with Gasteiger partial charge in [-0.05, 0) is 31.4 Å². The van der Waals surface area contributed by atoms with Crippen molar-refractivity contribution in [1.82, 2.24) is 0 Å². The Balaban J connectivity index is 1.87. The molecule has 0 spiro atoms. The third-order valence-electron chi connectivity index (χ3n) is 3.71. The molecule has 0 saturated carbocycles.